The number of rotatable bonds is 5. The molecule has 2 aromatic carbocycles. The predicted molar refractivity (Wildman–Crippen MR) is 122 cm³/mol. The van der Waals surface area contributed by atoms with Gasteiger partial charge in [0.15, 0.2) is 5.82 Å². The van der Waals surface area contributed by atoms with Crippen molar-refractivity contribution in [1.82, 2.24) is 14.9 Å². The van der Waals surface area contributed by atoms with Gasteiger partial charge < -0.3 is 10.7 Å². The Morgan fingerprint density at radius 3 is 2.57 bits per heavy atom. The predicted octanol–water partition coefficient (Wildman–Crippen LogP) is 4.42. The lowest BCUT2D eigenvalue weighted by molar-refractivity contribution is -0.116. The van der Waals surface area contributed by atoms with Crippen molar-refractivity contribution in [3.63, 3.8) is 0 Å². The number of aromatic nitrogens is 3. The van der Waals surface area contributed by atoms with Gasteiger partial charge in [-0.2, -0.15) is 0 Å². The highest BCUT2D eigenvalue weighted by atomic mass is 32.2. The molecule has 0 spiro atoms. The Morgan fingerprint density at radius 1 is 1.10 bits per heavy atom. The fourth-order valence-corrected chi connectivity index (χ4v) is 4.71. The first-order chi connectivity index (χ1) is 14.5. The van der Waals surface area contributed by atoms with E-state index in [0.717, 1.165) is 46.2 Å². The molecule has 0 aliphatic carbocycles. The zero-order chi connectivity index (χ0) is 21.3. The number of nitrogens with zero attached hydrogens (tertiary/aromatic N) is 3. The Labute approximate surface area is 181 Å². The van der Waals surface area contributed by atoms with Gasteiger partial charge in [0.2, 0.25) is 11.1 Å². The van der Waals surface area contributed by atoms with Gasteiger partial charge in [0.25, 0.3) is 0 Å². The minimum absolute atomic E-state index is 0.0435. The van der Waals surface area contributed by atoms with Gasteiger partial charge in [-0.1, -0.05) is 62.0 Å². The van der Waals surface area contributed by atoms with E-state index in [0.29, 0.717) is 0 Å². The molecule has 1 amide bonds. The summed E-state index contributed by atoms with van der Waals surface area (Å²) in [5.74, 6) is 0.819. The first kappa shape index (κ1) is 20.5. The average molecular weight is 422 g/mol. The molecule has 0 fully saturated rings. The molecule has 4 rings (SSSR count). The normalized spacial score (nSPS) is 17.9. The van der Waals surface area contributed by atoms with E-state index in [1.807, 2.05) is 37.6 Å². The molecule has 2 atom stereocenters. The van der Waals surface area contributed by atoms with Crippen molar-refractivity contribution in [3.05, 3.63) is 70.5 Å². The number of amides is 1. The number of hydrogen-bond acceptors (Lipinski definition) is 5. The number of hydrogen-bond donors (Lipinski definition) is 2. The van der Waals surface area contributed by atoms with Crippen LogP contribution < -0.4 is 10.7 Å². The van der Waals surface area contributed by atoms with E-state index in [4.69, 9.17) is 0 Å². The Morgan fingerprint density at radius 2 is 1.87 bits per heavy atom. The number of carbonyl (C=O) groups excluding carboxylic acids is 1. The van der Waals surface area contributed by atoms with Crippen LogP contribution in [-0.4, -0.2) is 26.0 Å². The third kappa shape index (κ3) is 3.94. The maximum Gasteiger partial charge on any atom is 0.240 e. The van der Waals surface area contributed by atoms with E-state index in [1.54, 1.807) is 0 Å². The van der Waals surface area contributed by atoms with Crippen molar-refractivity contribution >= 4 is 23.4 Å². The van der Waals surface area contributed by atoms with Gasteiger partial charge >= 0.3 is 0 Å². The maximum absolute atomic E-state index is 13.4. The number of carbonyl (C=O) groups is 1. The first-order valence-corrected chi connectivity index (χ1v) is 11.2. The minimum atomic E-state index is -0.376. The number of fused-ring (bicyclic) bond motifs is 1. The average Bonchev–Trinajstić information content (AvgIpc) is 3.17. The van der Waals surface area contributed by atoms with Crippen LogP contribution >= 0.6 is 11.8 Å². The van der Waals surface area contributed by atoms with E-state index in [2.05, 4.69) is 58.2 Å². The Balaban J connectivity index is 1.68. The second-order valence-corrected chi connectivity index (χ2v) is 8.74. The van der Waals surface area contributed by atoms with E-state index >= 15 is 0 Å². The van der Waals surface area contributed by atoms with Crippen LogP contribution in [0.5, 0.6) is 0 Å². The zero-order valence-electron chi connectivity index (χ0n) is 17.8. The van der Waals surface area contributed by atoms with Gasteiger partial charge in [-0.3, -0.25) is 4.79 Å². The SMILES string of the molecule is CCc1ccc([C@@H]2Nn3c(CC)nnc3S[C@H]2C(=O)Nc2cc(C)ccc2C)cc1. The van der Waals surface area contributed by atoms with Crippen molar-refractivity contribution in [1.29, 1.82) is 0 Å². The molecule has 30 heavy (non-hydrogen) atoms. The molecule has 3 aromatic rings. The summed E-state index contributed by atoms with van der Waals surface area (Å²) in [7, 11) is 0. The summed E-state index contributed by atoms with van der Waals surface area (Å²) in [6.45, 7) is 8.22. The molecule has 0 radical (unpaired) electrons. The van der Waals surface area contributed by atoms with Crippen molar-refractivity contribution in [2.24, 2.45) is 0 Å². The van der Waals surface area contributed by atoms with Crippen LogP contribution in [0.25, 0.3) is 0 Å². The lowest BCUT2D eigenvalue weighted by atomic mass is 10.0. The molecule has 2 N–H and O–H groups in total. The van der Waals surface area contributed by atoms with Crippen LogP contribution in [0.3, 0.4) is 0 Å². The summed E-state index contributed by atoms with van der Waals surface area (Å²) in [6.07, 6.45) is 1.75. The number of nitrogens with one attached hydrogen (secondary N) is 2. The van der Waals surface area contributed by atoms with Crippen LogP contribution in [0.1, 0.15) is 48.0 Å². The molecule has 0 bridgehead atoms. The molecule has 156 valence electrons. The number of benzene rings is 2. The molecule has 6 nitrogen and oxygen atoms in total. The largest absolute Gasteiger partial charge is 0.325 e. The molecule has 2 heterocycles. The van der Waals surface area contributed by atoms with Gasteiger partial charge in [0.1, 0.15) is 5.25 Å². The summed E-state index contributed by atoms with van der Waals surface area (Å²) in [5.41, 5.74) is 8.86. The Kier molecular flexibility index (Phi) is 5.81. The molecule has 0 saturated heterocycles. The van der Waals surface area contributed by atoms with Gasteiger partial charge in [-0.05, 0) is 48.6 Å². The van der Waals surface area contributed by atoms with Crippen LogP contribution in [-0.2, 0) is 17.6 Å². The standard InChI is InChI=1S/C23H27N5OS/c1-5-16-9-11-17(12-10-16)20-21(30-23-26-25-19(6-2)28(23)27-20)22(29)24-18-13-14(3)7-8-15(18)4/h7-13,20-21,27H,5-6H2,1-4H3,(H,24,29)/t20-,21+/m0/s1. The van der Waals surface area contributed by atoms with E-state index < -0.39 is 0 Å². The smallest absolute Gasteiger partial charge is 0.240 e. The summed E-state index contributed by atoms with van der Waals surface area (Å²) in [4.78, 5) is 13.4. The van der Waals surface area contributed by atoms with Gasteiger partial charge in [-0.15, -0.1) is 10.2 Å². The van der Waals surface area contributed by atoms with Crippen LogP contribution in [0.15, 0.2) is 47.6 Å². The third-order valence-electron chi connectivity index (χ3n) is 5.48. The minimum Gasteiger partial charge on any atom is -0.325 e. The van der Waals surface area contributed by atoms with Crippen molar-refractivity contribution < 1.29 is 4.79 Å². The second kappa shape index (κ2) is 8.52. The van der Waals surface area contributed by atoms with Crippen LogP contribution in [0.4, 0.5) is 5.69 Å². The topological polar surface area (TPSA) is 71.8 Å². The molecule has 1 aliphatic rings. The molecule has 0 saturated carbocycles. The lowest BCUT2D eigenvalue weighted by Crippen LogP contribution is -2.41. The highest BCUT2D eigenvalue weighted by molar-refractivity contribution is 8.00. The van der Waals surface area contributed by atoms with Crippen molar-refractivity contribution in [2.45, 2.75) is 57.0 Å². The molecule has 1 aromatic heterocycles. The molecule has 1 aliphatic heterocycles. The lowest BCUT2D eigenvalue weighted by Gasteiger charge is -2.33. The first-order valence-electron chi connectivity index (χ1n) is 10.3. The highest BCUT2D eigenvalue weighted by Crippen LogP contribution is 2.38. The third-order valence-corrected chi connectivity index (χ3v) is 6.69. The molecular formula is C23H27N5OS. The Bertz CT molecular complexity index is 1060. The second-order valence-electron chi connectivity index (χ2n) is 7.64. The van der Waals surface area contributed by atoms with Crippen LogP contribution in [0, 0.1) is 13.8 Å². The summed E-state index contributed by atoms with van der Waals surface area (Å²) >= 11 is 1.46. The highest BCUT2D eigenvalue weighted by Gasteiger charge is 2.37. The summed E-state index contributed by atoms with van der Waals surface area (Å²) in [5, 5.41) is 12.0. The Hall–Kier alpha value is -2.80. The number of thioether (sulfide) groups is 1. The van der Waals surface area contributed by atoms with E-state index in [1.165, 1.54) is 17.3 Å². The van der Waals surface area contributed by atoms with Gasteiger partial charge in [-0.25, -0.2) is 4.68 Å². The van der Waals surface area contributed by atoms with Crippen molar-refractivity contribution in [2.75, 3.05) is 10.7 Å². The van der Waals surface area contributed by atoms with Crippen LogP contribution in [0.2, 0.25) is 0 Å². The molecule has 7 heteroatoms. The number of anilines is 1. The fourth-order valence-electron chi connectivity index (χ4n) is 3.61. The van der Waals surface area contributed by atoms with E-state index in [9.17, 15) is 4.79 Å². The maximum atomic E-state index is 13.4. The van der Waals surface area contributed by atoms with Crippen molar-refractivity contribution in [3.8, 4) is 0 Å². The zero-order valence-corrected chi connectivity index (χ0v) is 18.6. The molecule has 0 unspecified atom stereocenters. The summed E-state index contributed by atoms with van der Waals surface area (Å²) < 4.78 is 1.92. The van der Waals surface area contributed by atoms with Gasteiger partial charge in [0.05, 0.1) is 6.04 Å². The quantitative estimate of drug-likeness (QED) is 0.638. The number of aryl methyl sites for hydroxylation is 4. The van der Waals surface area contributed by atoms with Gasteiger partial charge in [0, 0.05) is 12.1 Å². The van der Waals surface area contributed by atoms with E-state index in [-0.39, 0.29) is 17.2 Å². The molecular weight excluding hydrogens is 394 g/mol. The monoisotopic (exact) mass is 421 g/mol. The summed E-state index contributed by atoms with van der Waals surface area (Å²) in [6, 6.07) is 14.4. The fraction of sp³-hybridized carbons (Fsp3) is 0.348.